The van der Waals surface area contributed by atoms with E-state index < -0.39 is 0 Å². The minimum absolute atomic E-state index is 0.0258. The van der Waals surface area contributed by atoms with Crippen molar-refractivity contribution in [2.24, 2.45) is 0 Å². The third-order valence-corrected chi connectivity index (χ3v) is 4.86. The summed E-state index contributed by atoms with van der Waals surface area (Å²) in [7, 11) is 0. The number of hydrogen-bond donors (Lipinski definition) is 1. The standard InChI is InChI=1S/C17H18FNO2S/c18-12-5-7-13(8-6-12)21-10-9-19-17(20)15-11-22-16-4-2-1-3-14(15)16/h5-8,11H,1-4,9-10H2,(H,19,20). The van der Waals surface area contributed by atoms with Gasteiger partial charge in [0, 0.05) is 10.3 Å². The fourth-order valence-electron chi connectivity index (χ4n) is 2.64. The molecule has 0 atom stereocenters. The van der Waals surface area contributed by atoms with Gasteiger partial charge in [-0.25, -0.2) is 4.39 Å². The van der Waals surface area contributed by atoms with Gasteiger partial charge in [-0.05, 0) is 55.5 Å². The second-order valence-corrected chi connectivity index (χ2v) is 6.28. The van der Waals surface area contributed by atoms with Gasteiger partial charge in [-0.3, -0.25) is 4.79 Å². The number of carbonyl (C=O) groups is 1. The molecule has 116 valence electrons. The Hall–Kier alpha value is -1.88. The van der Waals surface area contributed by atoms with Crippen LogP contribution in [0.25, 0.3) is 0 Å². The molecule has 22 heavy (non-hydrogen) atoms. The highest BCUT2D eigenvalue weighted by Crippen LogP contribution is 2.30. The Bertz CT molecular complexity index is 651. The lowest BCUT2D eigenvalue weighted by Gasteiger charge is -2.13. The molecule has 0 bridgehead atoms. The van der Waals surface area contributed by atoms with Gasteiger partial charge in [-0.2, -0.15) is 0 Å². The van der Waals surface area contributed by atoms with Crippen molar-refractivity contribution < 1.29 is 13.9 Å². The van der Waals surface area contributed by atoms with Gasteiger partial charge in [0.25, 0.3) is 5.91 Å². The molecule has 2 aromatic rings. The highest BCUT2D eigenvalue weighted by Gasteiger charge is 2.19. The first-order chi connectivity index (χ1) is 10.7. The van der Waals surface area contributed by atoms with Gasteiger partial charge in [-0.1, -0.05) is 0 Å². The second kappa shape index (κ2) is 6.92. The van der Waals surface area contributed by atoms with Crippen LogP contribution in [0.5, 0.6) is 5.75 Å². The average Bonchev–Trinajstić information content (AvgIpc) is 2.97. The summed E-state index contributed by atoms with van der Waals surface area (Å²) in [5.41, 5.74) is 2.05. The number of nitrogens with one attached hydrogen (secondary N) is 1. The molecule has 1 amide bonds. The fraction of sp³-hybridized carbons (Fsp3) is 0.353. The first kappa shape index (κ1) is 15.0. The van der Waals surface area contributed by atoms with E-state index in [1.807, 2.05) is 5.38 Å². The molecule has 0 saturated carbocycles. The number of halogens is 1. The highest BCUT2D eigenvalue weighted by molar-refractivity contribution is 7.10. The molecular weight excluding hydrogens is 301 g/mol. The summed E-state index contributed by atoms with van der Waals surface area (Å²) < 4.78 is 18.2. The van der Waals surface area contributed by atoms with Crippen LogP contribution in [0, 0.1) is 5.82 Å². The molecule has 5 heteroatoms. The number of hydrogen-bond acceptors (Lipinski definition) is 3. The van der Waals surface area contributed by atoms with Crippen molar-refractivity contribution in [1.29, 1.82) is 0 Å². The van der Waals surface area contributed by atoms with Crippen LogP contribution in [-0.2, 0) is 12.8 Å². The van der Waals surface area contributed by atoms with E-state index in [-0.39, 0.29) is 11.7 Å². The van der Waals surface area contributed by atoms with Crippen LogP contribution in [0.4, 0.5) is 4.39 Å². The van der Waals surface area contributed by atoms with E-state index in [0.29, 0.717) is 18.9 Å². The first-order valence-electron chi connectivity index (χ1n) is 7.50. The van der Waals surface area contributed by atoms with Crippen molar-refractivity contribution in [1.82, 2.24) is 5.32 Å². The van der Waals surface area contributed by atoms with Crippen molar-refractivity contribution >= 4 is 17.2 Å². The smallest absolute Gasteiger partial charge is 0.252 e. The van der Waals surface area contributed by atoms with Crippen LogP contribution in [0.15, 0.2) is 29.6 Å². The van der Waals surface area contributed by atoms with Crippen LogP contribution in [0.2, 0.25) is 0 Å². The Kier molecular flexibility index (Phi) is 4.73. The SMILES string of the molecule is O=C(NCCOc1ccc(F)cc1)c1csc2c1CCCC2. The summed E-state index contributed by atoms with van der Waals surface area (Å²) in [6, 6.07) is 5.86. The molecule has 0 aliphatic heterocycles. The molecule has 1 aromatic heterocycles. The average molecular weight is 319 g/mol. The summed E-state index contributed by atoms with van der Waals surface area (Å²) in [6.07, 6.45) is 4.49. The molecule has 1 aliphatic carbocycles. The van der Waals surface area contributed by atoms with E-state index in [9.17, 15) is 9.18 Å². The number of aryl methyl sites for hydroxylation is 1. The van der Waals surface area contributed by atoms with Gasteiger partial charge < -0.3 is 10.1 Å². The van der Waals surface area contributed by atoms with E-state index in [1.165, 1.54) is 29.0 Å². The van der Waals surface area contributed by atoms with E-state index in [1.54, 1.807) is 23.5 Å². The molecule has 1 aromatic carbocycles. The highest BCUT2D eigenvalue weighted by atomic mass is 32.1. The third kappa shape index (κ3) is 3.47. The third-order valence-electron chi connectivity index (χ3n) is 3.78. The maximum atomic E-state index is 12.8. The lowest BCUT2D eigenvalue weighted by atomic mass is 9.96. The largest absolute Gasteiger partial charge is 0.492 e. The molecule has 1 aliphatic rings. The van der Waals surface area contributed by atoms with Gasteiger partial charge >= 0.3 is 0 Å². The minimum Gasteiger partial charge on any atom is -0.492 e. The summed E-state index contributed by atoms with van der Waals surface area (Å²) in [5.74, 6) is 0.286. The van der Waals surface area contributed by atoms with E-state index in [2.05, 4.69) is 5.32 Å². The summed E-state index contributed by atoms with van der Waals surface area (Å²) in [5, 5.41) is 4.85. The summed E-state index contributed by atoms with van der Waals surface area (Å²) in [4.78, 5) is 13.6. The second-order valence-electron chi connectivity index (χ2n) is 5.32. The molecule has 0 radical (unpaired) electrons. The normalized spacial score (nSPS) is 13.5. The number of amides is 1. The van der Waals surface area contributed by atoms with Gasteiger partial charge in [0.05, 0.1) is 12.1 Å². The first-order valence-corrected chi connectivity index (χ1v) is 8.38. The zero-order valence-corrected chi connectivity index (χ0v) is 13.0. The Labute approximate surface area is 133 Å². The van der Waals surface area contributed by atoms with Crippen molar-refractivity contribution in [3.05, 3.63) is 51.5 Å². The summed E-state index contributed by atoms with van der Waals surface area (Å²) in [6.45, 7) is 0.796. The minimum atomic E-state index is -0.289. The molecule has 0 fully saturated rings. The molecular formula is C17H18FNO2S. The zero-order valence-electron chi connectivity index (χ0n) is 12.2. The number of ether oxygens (including phenoxy) is 1. The fourth-order valence-corrected chi connectivity index (χ4v) is 3.77. The van der Waals surface area contributed by atoms with Crippen molar-refractivity contribution in [2.45, 2.75) is 25.7 Å². The van der Waals surface area contributed by atoms with Crippen LogP contribution < -0.4 is 10.1 Å². The zero-order chi connectivity index (χ0) is 15.4. The molecule has 1 N–H and O–H groups in total. The van der Waals surface area contributed by atoms with Crippen LogP contribution in [0.3, 0.4) is 0 Å². The number of benzene rings is 1. The Morgan fingerprint density at radius 2 is 2.00 bits per heavy atom. The molecule has 3 rings (SSSR count). The Morgan fingerprint density at radius 3 is 2.82 bits per heavy atom. The predicted molar refractivity (Wildman–Crippen MR) is 85.2 cm³/mol. The summed E-state index contributed by atoms with van der Waals surface area (Å²) >= 11 is 1.69. The molecule has 0 unspecified atom stereocenters. The lowest BCUT2D eigenvalue weighted by Crippen LogP contribution is -2.28. The van der Waals surface area contributed by atoms with Crippen LogP contribution in [0.1, 0.15) is 33.6 Å². The lowest BCUT2D eigenvalue weighted by molar-refractivity contribution is 0.0946. The van der Waals surface area contributed by atoms with Gasteiger partial charge in [0.1, 0.15) is 18.2 Å². The number of thiophene rings is 1. The quantitative estimate of drug-likeness (QED) is 0.856. The van der Waals surface area contributed by atoms with Crippen LogP contribution >= 0.6 is 11.3 Å². The predicted octanol–water partition coefficient (Wildman–Crippen LogP) is 3.57. The molecule has 1 heterocycles. The maximum Gasteiger partial charge on any atom is 0.252 e. The van der Waals surface area contributed by atoms with E-state index in [0.717, 1.165) is 24.8 Å². The van der Waals surface area contributed by atoms with Crippen LogP contribution in [-0.4, -0.2) is 19.1 Å². The molecule has 0 spiro atoms. The van der Waals surface area contributed by atoms with Gasteiger partial charge in [0.15, 0.2) is 0 Å². The van der Waals surface area contributed by atoms with E-state index >= 15 is 0 Å². The maximum absolute atomic E-state index is 12.8. The molecule has 3 nitrogen and oxygen atoms in total. The van der Waals surface area contributed by atoms with Crippen molar-refractivity contribution in [3.8, 4) is 5.75 Å². The van der Waals surface area contributed by atoms with Crippen molar-refractivity contribution in [3.63, 3.8) is 0 Å². The Morgan fingerprint density at radius 1 is 1.23 bits per heavy atom. The number of fused-ring (bicyclic) bond motifs is 1. The van der Waals surface area contributed by atoms with Gasteiger partial charge in [0.2, 0.25) is 0 Å². The van der Waals surface area contributed by atoms with E-state index in [4.69, 9.17) is 4.74 Å². The topological polar surface area (TPSA) is 38.3 Å². The Balaban J connectivity index is 1.48. The van der Waals surface area contributed by atoms with Gasteiger partial charge in [-0.15, -0.1) is 11.3 Å². The number of rotatable bonds is 5. The van der Waals surface area contributed by atoms with Crippen molar-refractivity contribution in [2.75, 3.05) is 13.2 Å². The number of carbonyl (C=O) groups excluding carboxylic acids is 1. The molecule has 0 saturated heterocycles. The monoisotopic (exact) mass is 319 g/mol.